The fourth-order valence-corrected chi connectivity index (χ4v) is 5.24. The van der Waals surface area contributed by atoms with Crippen LogP contribution in [0.2, 0.25) is 0 Å². The summed E-state index contributed by atoms with van der Waals surface area (Å²) in [6.45, 7) is 7.45. The average molecular weight is 480 g/mol. The van der Waals surface area contributed by atoms with E-state index in [4.69, 9.17) is 5.73 Å². The van der Waals surface area contributed by atoms with Crippen LogP contribution in [0.4, 0.5) is 16.0 Å². The number of nitrogen functional groups attached to an aromatic ring is 1. The van der Waals surface area contributed by atoms with E-state index in [0.29, 0.717) is 28.1 Å². The van der Waals surface area contributed by atoms with Crippen LogP contribution in [-0.2, 0) is 0 Å². The number of benzene rings is 3. The molecular weight excluding hydrogens is 453 g/mol. The molecule has 2 N–H and O–H groups in total. The lowest BCUT2D eigenvalue weighted by atomic mass is 9.96. The second-order valence-corrected chi connectivity index (χ2v) is 9.19. The molecule has 180 valence electrons. The van der Waals surface area contributed by atoms with Crippen molar-refractivity contribution in [2.24, 2.45) is 0 Å². The van der Waals surface area contributed by atoms with E-state index in [1.165, 1.54) is 17.8 Å². The van der Waals surface area contributed by atoms with Crippen LogP contribution in [0.15, 0.2) is 66.7 Å². The molecule has 1 aromatic heterocycles. The second-order valence-electron chi connectivity index (χ2n) is 9.19. The van der Waals surface area contributed by atoms with Gasteiger partial charge in [0.25, 0.3) is 0 Å². The smallest absolute Gasteiger partial charge is 0.221 e. The van der Waals surface area contributed by atoms with Crippen LogP contribution in [0.25, 0.3) is 33.6 Å². The number of nitrogens with two attached hydrogens (primary N) is 1. The first-order valence-electron chi connectivity index (χ1n) is 12.2. The largest absolute Gasteiger partial charge is 0.369 e. The Kier molecular flexibility index (Phi) is 5.49. The number of hydrogen-bond donors (Lipinski definition) is 1. The first-order chi connectivity index (χ1) is 17.5. The Labute approximate surface area is 209 Å². The van der Waals surface area contributed by atoms with E-state index < -0.39 is 0 Å². The van der Waals surface area contributed by atoms with Gasteiger partial charge in [-0.25, -0.2) is 14.4 Å². The molecule has 3 aromatic carbocycles. The molecule has 4 aromatic rings. The Morgan fingerprint density at radius 1 is 0.806 bits per heavy atom. The molecule has 1 fully saturated rings. The molecule has 0 atom stereocenters. The minimum Gasteiger partial charge on any atom is -0.369 e. The fraction of sp³-hybridized carbons (Fsp3) is 0.207. The van der Waals surface area contributed by atoms with Crippen LogP contribution in [0.1, 0.15) is 22.8 Å². The Bertz CT molecular complexity index is 1460. The van der Waals surface area contributed by atoms with Crippen LogP contribution < -0.4 is 10.6 Å². The number of carbonyl (C=O) groups is 1. The molecule has 0 saturated carbocycles. The van der Waals surface area contributed by atoms with Gasteiger partial charge >= 0.3 is 0 Å². The van der Waals surface area contributed by atoms with Crippen LogP contribution in [-0.4, -0.2) is 53.4 Å². The summed E-state index contributed by atoms with van der Waals surface area (Å²) in [6, 6.07) is 20.1. The SMILES string of the molecule is CCN1CCN(c2ccc(-c3cccc4c3-c3nc(N)nc(-c5ccc(F)cc5)c3C4=O)cc2)CC1. The van der Waals surface area contributed by atoms with Crippen molar-refractivity contribution in [2.45, 2.75) is 6.92 Å². The molecule has 1 aliphatic heterocycles. The molecule has 0 bridgehead atoms. The van der Waals surface area contributed by atoms with Gasteiger partial charge in [0.05, 0.1) is 17.0 Å². The Balaban J connectivity index is 1.41. The van der Waals surface area contributed by atoms with Crippen molar-refractivity contribution >= 4 is 17.4 Å². The van der Waals surface area contributed by atoms with Crippen molar-refractivity contribution < 1.29 is 9.18 Å². The third-order valence-electron chi connectivity index (χ3n) is 7.18. The van der Waals surface area contributed by atoms with E-state index in [0.717, 1.165) is 49.4 Å². The van der Waals surface area contributed by atoms with Crippen molar-refractivity contribution in [3.05, 3.63) is 83.7 Å². The number of nitrogens with zero attached hydrogens (tertiary/aromatic N) is 4. The second kappa shape index (κ2) is 8.84. The zero-order chi connectivity index (χ0) is 24.8. The maximum absolute atomic E-state index is 13.6. The van der Waals surface area contributed by atoms with Crippen LogP contribution >= 0.6 is 0 Å². The normalized spacial score (nSPS) is 15.2. The van der Waals surface area contributed by atoms with Crippen molar-refractivity contribution in [2.75, 3.05) is 43.4 Å². The standard InChI is InChI=1S/C29H26FN5O/c1-2-34-14-16-35(17-15-34)21-12-8-18(9-13-21)22-4-3-5-23-24(22)27-25(28(23)36)26(32-29(31)33-27)19-6-10-20(30)11-7-19/h3-13H,2,14-17H2,1H3,(H2,31,32,33). The Hall–Kier alpha value is -4.10. The van der Waals surface area contributed by atoms with Gasteiger partial charge in [0, 0.05) is 48.6 Å². The number of rotatable bonds is 4. The molecule has 0 amide bonds. The molecule has 1 aliphatic carbocycles. The van der Waals surface area contributed by atoms with Crippen molar-refractivity contribution in [1.82, 2.24) is 14.9 Å². The van der Waals surface area contributed by atoms with E-state index in [9.17, 15) is 9.18 Å². The zero-order valence-corrected chi connectivity index (χ0v) is 20.0. The first kappa shape index (κ1) is 22.4. The molecular formula is C29H26FN5O. The van der Waals surface area contributed by atoms with Gasteiger partial charge in [-0.15, -0.1) is 0 Å². The van der Waals surface area contributed by atoms with Gasteiger partial charge in [0.1, 0.15) is 5.82 Å². The fourth-order valence-electron chi connectivity index (χ4n) is 5.24. The van der Waals surface area contributed by atoms with E-state index in [-0.39, 0.29) is 17.5 Å². The van der Waals surface area contributed by atoms with Crippen molar-refractivity contribution in [3.63, 3.8) is 0 Å². The van der Waals surface area contributed by atoms with Gasteiger partial charge < -0.3 is 15.5 Å². The lowest BCUT2D eigenvalue weighted by molar-refractivity contribution is 0.104. The van der Waals surface area contributed by atoms with Crippen molar-refractivity contribution in [1.29, 1.82) is 0 Å². The maximum atomic E-state index is 13.6. The quantitative estimate of drug-likeness (QED) is 0.396. The van der Waals surface area contributed by atoms with Gasteiger partial charge in [-0.05, 0) is 54.1 Å². The number of anilines is 2. The highest BCUT2D eigenvalue weighted by Gasteiger charge is 2.34. The number of ketones is 1. The monoisotopic (exact) mass is 479 g/mol. The summed E-state index contributed by atoms with van der Waals surface area (Å²) >= 11 is 0. The summed E-state index contributed by atoms with van der Waals surface area (Å²) in [5.41, 5.74) is 12.5. The summed E-state index contributed by atoms with van der Waals surface area (Å²) in [5.74, 6) is -0.429. The molecule has 0 radical (unpaired) electrons. The molecule has 2 heterocycles. The molecule has 2 aliphatic rings. The van der Waals surface area contributed by atoms with Crippen LogP contribution in [0.5, 0.6) is 0 Å². The summed E-state index contributed by atoms with van der Waals surface area (Å²) in [4.78, 5) is 27.3. The third-order valence-corrected chi connectivity index (χ3v) is 7.18. The van der Waals surface area contributed by atoms with Gasteiger partial charge in [-0.2, -0.15) is 0 Å². The predicted molar refractivity (Wildman–Crippen MR) is 140 cm³/mol. The first-order valence-corrected chi connectivity index (χ1v) is 12.2. The third kappa shape index (κ3) is 3.72. The zero-order valence-electron chi connectivity index (χ0n) is 20.0. The minimum absolute atomic E-state index is 0.0742. The molecule has 6 nitrogen and oxygen atoms in total. The summed E-state index contributed by atoms with van der Waals surface area (Å²) < 4.78 is 13.5. The van der Waals surface area contributed by atoms with E-state index in [1.807, 2.05) is 18.2 Å². The number of likely N-dealkylation sites (N-methyl/N-ethyl adjacent to an activating group) is 1. The molecule has 6 rings (SSSR count). The van der Waals surface area contributed by atoms with E-state index in [2.05, 4.69) is 51.0 Å². The lowest BCUT2D eigenvalue weighted by Gasteiger charge is -2.35. The van der Waals surface area contributed by atoms with Gasteiger partial charge in [-0.3, -0.25) is 4.79 Å². The lowest BCUT2D eigenvalue weighted by Crippen LogP contribution is -2.46. The number of halogens is 1. The molecule has 0 spiro atoms. The van der Waals surface area contributed by atoms with Gasteiger partial charge in [0.15, 0.2) is 5.78 Å². The maximum Gasteiger partial charge on any atom is 0.221 e. The number of aromatic nitrogens is 2. The molecule has 7 heteroatoms. The van der Waals surface area contributed by atoms with E-state index in [1.54, 1.807) is 12.1 Å². The molecule has 0 unspecified atom stereocenters. The van der Waals surface area contributed by atoms with Crippen LogP contribution in [0, 0.1) is 5.82 Å². The van der Waals surface area contributed by atoms with E-state index >= 15 is 0 Å². The Morgan fingerprint density at radius 3 is 2.14 bits per heavy atom. The topological polar surface area (TPSA) is 75.3 Å². The summed E-state index contributed by atoms with van der Waals surface area (Å²) in [5, 5.41) is 0. The summed E-state index contributed by atoms with van der Waals surface area (Å²) in [7, 11) is 0. The highest BCUT2D eigenvalue weighted by molar-refractivity contribution is 6.25. The Morgan fingerprint density at radius 2 is 1.44 bits per heavy atom. The number of carbonyl (C=O) groups excluding carboxylic acids is 1. The number of piperazine rings is 1. The highest BCUT2D eigenvalue weighted by Crippen LogP contribution is 2.45. The average Bonchev–Trinajstić information content (AvgIpc) is 3.20. The highest BCUT2D eigenvalue weighted by atomic mass is 19.1. The van der Waals surface area contributed by atoms with Crippen LogP contribution in [0.3, 0.4) is 0 Å². The van der Waals surface area contributed by atoms with Crippen molar-refractivity contribution in [3.8, 4) is 33.6 Å². The molecule has 1 saturated heterocycles. The minimum atomic E-state index is -0.356. The van der Waals surface area contributed by atoms with Gasteiger partial charge in [0.2, 0.25) is 5.95 Å². The number of hydrogen-bond acceptors (Lipinski definition) is 6. The molecule has 36 heavy (non-hydrogen) atoms. The number of fused-ring (bicyclic) bond motifs is 3. The predicted octanol–water partition coefficient (Wildman–Crippen LogP) is 4.89. The van der Waals surface area contributed by atoms with Gasteiger partial charge in [-0.1, -0.05) is 37.3 Å². The summed E-state index contributed by atoms with van der Waals surface area (Å²) in [6.07, 6.45) is 0.